The average molecular weight is 557 g/mol. The lowest BCUT2D eigenvalue weighted by Gasteiger charge is -2.20. The van der Waals surface area contributed by atoms with Gasteiger partial charge in [-0.05, 0) is 105 Å². The Bertz CT molecular complexity index is 2480. The monoisotopic (exact) mass is 556 g/mol. The van der Waals surface area contributed by atoms with E-state index in [1.165, 1.54) is 87.2 Å². The van der Waals surface area contributed by atoms with Crippen LogP contribution in [0.3, 0.4) is 0 Å². The summed E-state index contributed by atoms with van der Waals surface area (Å²) in [6.45, 7) is 0. The fourth-order valence-corrected chi connectivity index (χ4v) is 7.19. The average Bonchev–Trinajstić information content (AvgIpc) is 3.10. The van der Waals surface area contributed by atoms with E-state index < -0.39 is 0 Å². The molecule has 0 unspecified atom stereocenters. The van der Waals surface area contributed by atoms with E-state index >= 15 is 0 Å². The predicted octanol–water partition coefficient (Wildman–Crippen LogP) is 12.5. The van der Waals surface area contributed by atoms with Gasteiger partial charge >= 0.3 is 0 Å². The fraction of sp³-hybridized carbons (Fsp3) is 0. The van der Waals surface area contributed by atoms with Crippen LogP contribution in [-0.4, -0.2) is 0 Å². The molecule has 0 saturated carbocycles. The lowest BCUT2D eigenvalue weighted by atomic mass is 9.83. The van der Waals surface area contributed by atoms with Crippen molar-refractivity contribution < 1.29 is 0 Å². The normalized spacial score (nSPS) is 11.6. The molecule has 0 nitrogen and oxygen atoms in total. The van der Waals surface area contributed by atoms with Crippen LogP contribution in [0.5, 0.6) is 0 Å². The van der Waals surface area contributed by atoms with Crippen LogP contribution in [0.15, 0.2) is 170 Å². The summed E-state index contributed by atoms with van der Waals surface area (Å²) in [6, 6.07) is 62.3. The smallest absolute Gasteiger partial charge is 0.00199 e. The van der Waals surface area contributed by atoms with Crippen molar-refractivity contribution in [2.75, 3.05) is 0 Å². The van der Waals surface area contributed by atoms with Gasteiger partial charge in [0.25, 0.3) is 0 Å². The summed E-state index contributed by atoms with van der Waals surface area (Å²) < 4.78 is 0. The molecule has 0 heterocycles. The summed E-state index contributed by atoms with van der Waals surface area (Å²) >= 11 is 0. The van der Waals surface area contributed by atoms with E-state index in [9.17, 15) is 0 Å². The Balaban J connectivity index is 1.39. The molecular formula is C44H28. The molecule has 0 aliphatic rings. The van der Waals surface area contributed by atoms with E-state index in [1.54, 1.807) is 0 Å². The maximum absolute atomic E-state index is 2.41. The number of benzene rings is 9. The number of fused-ring (bicyclic) bond motifs is 6. The van der Waals surface area contributed by atoms with E-state index in [0.29, 0.717) is 0 Å². The third-order valence-electron chi connectivity index (χ3n) is 9.21. The highest BCUT2D eigenvalue weighted by molar-refractivity contribution is 6.26. The summed E-state index contributed by atoms with van der Waals surface area (Å²) in [5.41, 5.74) is 7.59. The summed E-state index contributed by atoms with van der Waals surface area (Å²) in [7, 11) is 0. The Labute approximate surface area is 256 Å². The molecular weight excluding hydrogens is 528 g/mol. The molecule has 0 spiro atoms. The first-order valence-corrected chi connectivity index (χ1v) is 15.3. The zero-order valence-corrected chi connectivity index (χ0v) is 24.2. The molecule has 0 aliphatic heterocycles. The maximum atomic E-state index is 2.41. The number of rotatable bonds is 3. The molecule has 0 saturated heterocycles. The van der Waals surface area contributed by atoms with Crippen LogP contribution in [0.1, 0.15) is 0 Å². The molecule has 0 N–H and O–H groups in total. The third-order valence-corrected chi connectivity index (χ3v) is 9.21. The molecule has 44 heavy (non-hydrogen) atoms. The van der Waals surface area contributed by atoms with Gasteiger partial charge in [-0.2, -0.15) is 0 Å². The third kappa shape index (κ3) is 3.85. The summed E-state index contributed by atoms with van der Waals surface area (Å²) in [6.07, 6.45) is 0. The van der Waals surface area contributed by atoms with Gasteiger partial charge in [-0.25, -0.2) is 0 Å². The van der Waals surface area contributed by atoms with E-state index in [1.807, 2.05) is 0 Å². The molecule has 0 heteroatoms. The lowest BCUT2D eigenvalue weighted by molar-refractivity contribution is 1.66. The van der Waals surface area contributed by atoms with Gasteiger partial charge in [0, 0.05) is 0 Å². The van der Waals surface area contributed by atoms with Gasteiger partial charge in [0.2, 0.25) is 0 Å². The van der Waals surface area contributed by atoms with Crippen LogP contribution in [0, 0.1) is 0 Å². The van der Waals surface area contributed by atoms with Crippen molar-refractivity contribution >= 4 is 53.9 Å². The van der Waals surface area contributed by atoms with Gasteiger partial charge in [0.1, 0.15) is 0 Å². The molecule has 0 bridgehead atoms. The summed E-state index contributed by atoms with van der Waals surface area (Å²) in [5, 5.41) is 12.7. The van der Waals surface area contributed by atoms with Crippen molar-refractivity contribution in [1.82, 2.24) is 0 Å². The SMILES string of the molecule is c1ccc(-c2c3ccccc3c(-c3cc4ccccc4c4cc(-c5ccc6ccccc6c5)ccc34)c3ccccc23)cc1. The van der Waals surface area contributed by atoms with Gasteiger partial charge in [-0.15, -0.1) is 0 Å². The van der Waals surface area contributed by atoms with Gasteiger partial charge in [0.05, 0.1) is 0 Å². The Morgan fingerprint density at radius 3 is 1.45 bits per heavy atom. The molecule has 9 aromatic carbocycles. The second kappa shape index (κ2) is 9.93. The van der Waals surface area contributed by atoms with Crippen LogP contribution < -0.4 is 0 Å². The Morgan fingerprint density at radius 2 is 0.750 bits per heavy atom. The molecule has 204 valence electrons. The van der Waals surface area contributed by atoms with Crippen LogP contribution in [-0.2, 0) is 0 Å². The van der Waals surface area contributed by atoms with Crippen molar-refractivity contribution in [3.63, 3.8) is 0 Å². The maximum Gasteiger partial charge on any atom is -0.00199 e. The Hall–Kier alpha value is -5.72. The second-order valence-corrected chi connectivity index (χ2v) is 11.7. The molecule has 0 atom stereocenters. The minimum Gasteiger partial charge on any atom is -0.0622 e. The van der Waals surface area contributed by atoms with Crippen LogP contribution in [0.25, 0.3) is 87.2 Å². The van der Waals surface area contributed by atoms with Gasteiger partial charge in [-0.1, -0.05) is 152 Å². The molecule has 0 fully saturated rings. The minimum absolute atomic E-state index is 1.24. The van der Waals surface area contributed by atoms with E-state index in [-0.39, 0.29) is 0 Å². The van der Waals surface area contributed by atoms with Crippen LogP contribution in [0.4, 0.5) is 0 Å². The van der Waals surface area contributed by atoms with Gasteiger partial charge in [-0.3, -0.25) is 0 Å². The molecule has 9 rings (SSSR count). The fourth-order valence-electron chi connectivity index (χ4n) is 7.19. The van der Waals surface area contributed by atoms with E-state index in [2.05, 4.69) is 170 Å². The Kier molecular flexibility index (Phi) is 5.61. The topological polar surface area (TPSA) is 0 Å². The predicted molar refractivity (Wildman–Crippen MR) is 190 cm³/mol. The molecule has 0 amide bonds. The first kappa shape index (κ1) is 24.8. The molecule has 0 radical (unpaired) electrons. The van der Waals surface area contributed by atoms with E-state index in [4.69, 9.17) is 0 Å². The standard InChI is InChI=1S/C44H28/c1-2-13-30(14-3-1)43-37-18-8-10-20-39(37)44(40-21-11-9-19-38(40)43)42-28-34-16-6-7-17-35(34)41-27-33(24-25-36(41)42)32-23-22-29-12-4-5-15-31(29)26-32/h1-28H. The largest absolute Gasteiger partial charge is 0.0622 e. The zero-order valence-electron chi connectivity index (χ0n) is 24.2. The molecule has 9 aromatic rings. The van der Waals surface area contributed by atoms with Crippen molar-refractivity contribution in [2.45, 2.75) is 0 Å². The summed E-state index contributed by atoms with van der Waals surface area (Å²) in [4.78, 5) is 0. The lowest BCUT2D eigenvalue weighted by Crippen LogP contribution is -1.92. The zero-order chi connectivity index (χ0) is 29.0. The highest BCUT2D eigenvalue weighted by Gasteiger charge is 2.19. The summed E-state index contributed by atoms with van der Waals surface area (Å²) in [5.74, 6) is 0. The van der Waals surface area contributed by atoms with Crippen molar-refractivity contribution in [1.29, 1.82) is 0 Å². The Morgan fingerprint density at radius 1 is 0.227 bits per heavy atom. The van der Waals surface area contributed by atoms with Gasteiger partial charge in [0.15, 0.2) is 0 Å². The first-order valence-electron chi connectivity index (χ1n) is 15.3. The highest BCUT2D eigenvalue weighted by atomic mass is 14.2. The van der Waals surface area contributed by atoms with Gasteiger partial charge < -0.3 is 0 Å². The molecule has 0 aromatic heterocycles. The number of hydrogen-bond donors (Lipinski definition) is 0. The number of hydrogen-bond acceptors (Lipinski definition) is 0. The minimum atomic E-state index is 1.24. The highest BCUT2D eigenvalue weighted by Crippen LogP contribution is 2.46. The van der Waals surface area contributed by atoms with E-state index in [0.717, 1.165) is 0 Å². The quantitative estimate of drug-likeness (QED) is 0.150. The molecule has 0 aliphatic carbocycles. The second-order valence-electron chi connectivity index (χ2n) is 11.7. The van der Waals surface area contributed by atoms with Crippen molar-refractivity contribution in [3.05, 3.63) is 170 Å². The first-order chi connectivity index (χ1) is 21.8. The van der Waals surface area contributed by atoms with Crippen LogP contribution in [0.2, 0.25) is 0 Å². The van der Waals surface area contributed by atoms with Crippen molar-refractivity contribution in [3.8, 4) is 33.4 Å². The van der Waals surface area contributed by atoms with Crippen molar-refractivity contribution in [2.24, 2.45) is 0 Å². The van der Waals surface area contributed by atoms with Crippen LogP contribution >= 0.6 is 0 Å².